The first-order chi connectivity index (χ1) is 7.81. The van der Waals surface area contributed by atoms with Gasteiger partial charge in [0.25, 0.3) is 0 Å². The minimum atomic E-state index is 0.0286. The Morgan fingerprint density at radius 2 is 2.25 bits per heavy atom. The minimum Gasteiger partial charge on any atom is -0.485 e. The van der Waals surface area contributed by atoms with Crippen molar-refractivity contribution in [1.29, 1.82) is 0 Å². The van der Waals surface area contributed by atoms with Gasteiger partial charge in [0.15, 0.2) is 5.84 Å². The monoisotopic (exact) mass is 217 g/mol. The molecular weight excluding hydrogens is 206 g/mol. The summed E-state index contributed by atoms with van der Waals surface area (Å²) in [6.07, 6.45) is 1.72. The van der Waals surface area contributed by atoms with Crippen molar-refractivity contribution < 1.29 is 9.94 Å². The topological polar surface area (TPSA) is 80.7 Å². The molecule has 0 aliphatic rings. The summed E-state index contributed by atoms with van der Waals surface area (Å²) in [5.74, 6) is 0.693. The Morgan fingerprint density at radius 3 is 3.06 bits per heavy atom. The van der Waals surface area contributed by atoms with Crippen molar-refractivity contribution in [2.24, 2.45) is 10.9 Å². The number of aromatic nitrogens is 1. The van der Waals surface area contributed by atoms with Crippen molar-refractivity contribution in [2.75, 3.05) is 6.61 Å². The number of rotatable bonds is 3. The molecule has 1 aromatic heterocycles. The van der Waals surface area contributed by atoms with E-state index < -0.39 is 0 Å². The number of amidine groups is 1. The quantitative estimate of drug-likeness (QED) is 0.352. The van der Waals surface area contributed by atoms with E-state index in [1.807, 2.05) is 30.3 Å². The SMILES string of the molecule is N/C(COc1cccc2ncccc12)=N/O. The van der Waals surface area contributed by atoms with Gasteiger partial charge in [-0.3, -0.25) is 4.98 Å². The molecule has 0 fully saturated rings. The van der Waals surface area contributed by atoms with Gasteiger partial charge >= 0.3 is 0 Å². The summed E-state index contributed by atoms with van der Waals surface area (Å²) in [7, 11) is 0. The van der Waals surface area contributed by atoms with E-state index in [1.165, 1.54) is 0 Å². The Morgan fingerprint density at radius 1 is 1.38 bits per heavy atom. The average molecular weight is 217 g/mol. The summed E-state index contributed by atoms with van der Waals surface area (Å²) in [4.78, 5) is 4.20. The van der Waals surface area contributed by atoms with Crippen molar-refractivity contribution in [3.05, 3.63) is 36.5 Å². The molecular formula is C11H11N3O2. The van der Waals surface area contributed by atoms with Crippen LogP contribution in [0.15, 0.2) is 41.7 Å². The molecule has 0 radical (unpaired) electrons. The summed E-state index contributed by atoms with van der Waals surface area (Å²) >= 11 is 0. The first-order valence-corrected chi connectivity index (χ1v) is 4.74. The highest BCUT2D eigenvalue weighted by Crippen LogP contribution is 2.23. The van der Waals surface area contributed by atoms with Gasteiger partial charge in [0, 0.05) is 11.6 Å². The van der Waals surface area contributed by atoms with Crippen molar-refractivity contribution >= 4 is 16.7 Å². The van der Waals surface area contributed by atoms with Crippen molar-refractivity contribution in [3.63, 3.8) is 0 Å². The zero-order valence-electron chi connectivity index (χ0n) is 8.50. The Kier molecular flexibility index (Phi) is 2.86. The molecule has 5 nitrogen and oxygen atoms in total. The largest absolute Gasteiger partial charge is 0.485 e. The smallest absolute Gasteiger partial charge is 0.177 e. The Labute approximate surface area is 92.2 Å². The first kappa shape index (κ1) is 10.2. The van der Waals surface area contributed by atoms with Gasteiger partial charge in [-0.05, 0) is 24.3 Å². The van der Waals surface area contributed by atoms with E-state index in [-0.39, 0.29) is 12.4 Å². The number of benzene rings is 1. The molecule has 16 heavy (non-hydrogen) atoms. The highest BCUT2D eigenvalue weighted by Gasteiger charge is 2.02. The van der Waals surface area contributed by atoms with Crippen LogP contribution in [-0.4, -0.2) is 22.6 Å². The molecule has 0 aliphatic heterocycles. The lowest BCUT2D eigenvalue weighted by Gasteiger charge is -2.07. The van der Waals surface area contributed by atoms with Crippen LogP contribution in [0.4, 0.5) is 0 Å². The zero-order chi connectivity index (χ0) is 11.4. The van der Waals surface area contributed by atoms with E-state index in [2.05, 4.69) is 10.1 Å². The van der Waals surface area contributed by atoms with Crippen LogP contribution in [0.2, 0.25) is 0 Å². The Balaban J connectivity index is 2.30. The molecule has 5 heteroatoms. The summed E-state index contributed by atoms with van der Waals surface area (Å²) in [5.41, 5.74) is 6.17. The molecule has 1 aromatic carbocycles. The number of nitrogens with zero attached hydrogens (tertiary/aromatic N) is 2. The number of pyridine rings is 1. The van der Waals surface area contributed by atoms with Gasteiger partial charge in [-0.15, -0.1) is 0 Å². The molecule has 2 rings (SSSR count). The molecule has 0 amide bonds. The third-order valence-corrected chi connectivity index (χ3v) is 2.11. The fourth-order valence-corrected chi connectivity index (χ4v) is 1.38. The van der Waals surface area contributed by atoms with Crippen LogP contribution in [-0.2, 0) is 0 Å². The molecule has 0 aliphatic carbocycles. The van der Waals surface area contributed by atoms with E-state index in [0.29, 0.717) is 5.75 Å². The third-order valence-electron chi connectivity index (χ3n) is 2.11. The highest BCUT2D eigenvalue weighted by molar-refractivity contribution is 5.86. The van der Waals surface area contributed by atoms with Gasteiger partial charge in [-0.25, -0.2) is 0 Å². The van der Waals surface area contributed by atoms with Crippen LogP contribution in [0.3, 0.4) is 0 Å². The summed E-state index contributed by atoms with van der Waals surface area (Å²) in [6, 6.07) is 9.29. The molecule has 0 atom stereocenters. The second-order valence-corrected chi connectivity index (χ2v) is 3.21. The van der Waals surface area contributed by atoms with E-state index in [0.717, 1.165) is 10.9 Å². The van der Waals surface area contributed by atoms with Gasteiger partial charge < -0.3 is 15.7 Å². The molecule has 82 valence electrons. The Bertz CT molecular complexity index is 520. The van der Waals surface area contributed by atoms with Gasteiger partial charge in [0.2, 0.25) is 0 Å². The van der Waals surface area contributed by atoms with Crippen LogP contribution in [0.25, 0.3) is 10.9 Å². The van der Waals surface area contributed by atoms with Crippen LogP contribution in [0.1, 0.15) is 0 Å². The second-order valence-electron chi connectivity index (χ2n) is 3.21. The van der Waals surface area contributed by atoms with Crippen molar-refractivity contribution in [2.45, 2.75) is 0 Å². The van der Waals surface area contributed by atoms with Crippen molar-refractivity contribution in [1.82, 2.24) is 4.98 Å². The maximum atomic E-state index is 8.40. The van der Waals surface area contributed by atoms with Gasteiger partial charge in [-0.2, -0.15) is 0 Å². The Hall–Kier alpha value is -2.30. The molecule has 0 spiro atoms. The summed E-state index contributed by atoms with van der Waals surface area (Å²) in [6.45, 7) is 0.0461. The normalized spacial score (nSPS) is 11.6. The molecule has 0 saturated heterocycles. The van der Waals surface area contributed by atoms with Gasteiger partial charge in [0.05, 0.1) is 5.52 Å². The van der Waals surface area contributed by atoms with Crippen LogP contribution in [0.5, 0.6) is 5.75 Å². The number of hydrogen-bond acceptors (Lipinski definition) is 4. The van der Waals surface area contributed by atoms with Gasteiger partial charge in [-0.1, -0.05) is 11.2 Å². The number of ether oxygens (including phenoxy) is 1. The van der Waals surface area contributed by atoms with E-state index in [9.17, 15) is 0 Å². The molecule has 1 heterocycles. The fraction of sp³-hybridized carbons (Fsp3) is 0.0909. The van der Waals surface area contributed by atoms with Crippen LogP contribution >= 0.6 is 0 Å². The molecule has 0 unspecified atom stereocenters. The first-order valence-electron chi connectivity index (χ1n) is 4.74. The third kappa shape index (κ3) is 2.03. The lowest BCUT2D eigenvalue weighted by atomic mass is 10.2. The molecule has 0 saturated carbocycles. The number of fused-ring (bicyclic) bond motifs is 1. The fourth-order valence-electron chi connectivity index (χ4n) is 1.38. The maximum absolute atomic E-state index is 8.40. The number of hydrogen-bond donors (Lipinski definition) is 2. The minimum absolute atomic E-state index is 0.0286. The van der Waals surface area contributed by atoms with E-state index in [1.54, 1.807) is 6.20 Å². The number of oxime groups is 1. The predicted octanol–water partition coefficient (Wildman–Crippen LogP) is 1.36. The summed E-state index contributed by atoms with van der Waals surface area (Å²) < 4.78 is 5.42. The zero-order valence-corrected chi connectivity index (χ0v) is 8.50. The van der Waals surface area contributed by atoms with E-state index >= 15 is 0 Å². The molecule has 0 bridgehead atoms. The van der Waals surface area contributed by atoms with E-state index in [4.69, 9.17) is 15.7 Å². The predicted molar refractivity (Wildman–Crippen MR) is 60.6 cm³/mol. The van der Waals surface area contributed by atoms with Crippen molar-refractivity contribution in [3.8, 4) is 5.75 Å². The lowest BCUT2D eigenvalue weighted by Crippen LogP contribution is -2.20. The molecule has 3 N–H and O–H groups in total. The number of nitrogens with two attached hydrogens (primary N) is 1. The average Bonchev–Trinajstić information content (AvgIpc) is 2.35. The summed E-state index contributed by atoms with van der Waals surface area (Å²) in [5, 5.41) is 12.1. The lowest BCUT2D eigenvalue weighted by molar-refractivity contribution is 0.307. The maximum Gasteiger partial charge on any atom is 0.177 e. The van der Waals surface area contributed by atoms with Crippen LogP contribution in [0, 0.1) is 0 Å². The van der Waals surface area contributed by atoms with Gasteiger partial charge in [0.1, 0.15) is 12.4 Å². The molecule has 2 aromatic rings. The second kappa shape index (κ2) is 4.48. The standard InChI is InChI=1S/C11H11N3O2/c12-11(14-15)7-16-10-5-1-4-9-8(10)3-2-6-13-9/h1-6,15H,7H2,(H2,12,14). The van der Waals surface area contributed by atoms with Crippen LogP contribution < -0.4 is 10.5 Å². The highest BCUT2D eigenvalue weighted by atomic mass is 16.5.